The lowest BCUT2D eigenvalue weighted by Gasteiger charge is -2.40. The molecule has 0 spiro atoms. The number of hydrogen-bond donors (Lipinski definition) is 2. The first-order valence-corrected chi connectivity index (χ1v) is 10.1. The number of hydrogen-bond acceptors (Lipinski definition) is 1. The highest BCUT2D eigenvalue weighted by Gasteiger charge is 2.48. The van der Waals surface area contributed by atoms with E-state index in [1.54, 1.807) is 0 Å². The lowest BCUT2D eigenvalue weighted by Crippen LogP contribution is -2.37. The third kappa shape index (κ3) is 5.50. The van der Waals surface area contributed by atoms with Gasteiger partial charge in [-0.15, -0.1) is 0 Å². The molecule has 0 aromatic heterocycles. The van der Waals surface area contributed by atoms with Crippen molar-refractivity contribution >= 4 is 7.60 Å². The van der Waals surface area contributed by atoms with Crippen LogP contribution >= 0.6 is 7.60 Å². The molecular weight excluding hydrogens is 271 g/mol. The van der Waals surface area contributed by atoms with Crippen LogP contribution in [0.2, 0.25) is 0 Å². The van der Waals surface area contributed by atoms with E-state index in [0.29, 0.717) is 12.8 Å². The molecule has 0 aromatic rings. The maximum absolute atomic E-state index is 12.1. The summed E-state index contributed by atoms with van der Waals surface area (Å²) in [6.07, 6.45) is 9.95. The van der Waals surface area contributed by atoms with Gasteiger partial charge in [-0.05, 0) is 31.6 Å². The molecule has 0 saturated carbocycles. The maximum Gasteiger partial charge on any atom is 0.331 e. The van der Waals surface area contributed by atoms with Crippen molar-refractivity contribution in [3.05, 3.63) is 0 Å². The summed E-state index contributed by atoms with van der Waals surface area (Å²) in [5.74, 6) is 0.162. The Morgan fingerprint density at radius 1 is 0.850 bits per heavy atom. The average molecular weight is 306 g/mol. The van der Waals surface area contributed by atoms with E-state index in [2.05, 4.69) is 13.8 Å². The van der Waals surface area contributed by atoms with Gasteiger partial charge in [-0.3, -0.25) is 4.57 Å². The lowest BCUT2D eigenvalue weighted by atomic mass is 9.80. The molecule has 3 nitrogen and oxygen atoms in total. The Labute approximate surface area is 125 Å². The maximum atomic E-state index is 12.1. The average Bonchev–Trinajstić information content (AvgIpc) is 2.40. The van der Waals surface area contributed by atoms with E-state index in [-0.39, 0.29) is 5.92 Å². The van der Waals surface area contributed by atoms with E-state index < -0.39 is 12.8 Å². The monoisotopic (exact) mass is 306 g/mol. The van der Waals surface area contributed by atoms with Crippen molar-refractivity contribution in [3.63, 3.8) is 0 Å². The van der Waals surface area contributed by atoms with Crippen molar-refractivity contribution in [2.75, 3.05) is 0 Å². The molecule has 0 amide bonds. The number of rotatable bonds is 12. The van der Waals surface area contributed by atoms with Crippen LogP contribution in [0.5, 0.6) is 0 Å². The molecule has 122 valence electrons. The fourth-order valence-corrected chi connectivity index (χ4v) is 4.98. The quantitative estimate of drug-likeness (QED) is 0.370. The molecule has 0 aliphatic carbocycles. The Morgan fingerprint density at radius 3 is 1.75 bits per heavy atom. The summed E-state index contributed by atoms with van der Waals surface area (Å²) >= 11 is 0. The molecule has 4 heteroatoms. The minimum atomic E-state index is -4.06. The van der Waals surface area contributed by atoms with Gasteiger partial charge in [0.05, 0.1) is 5.16 Å². The van der Waals surface area contributed by atoms with E-state index in [1.807, 2.05) is 13.8 Å². The Hall–Kier alpha value is 0.150. The van der Waals surface area contributed by atoms with Crippen molar-refractivity contribution in [2.45, 2.75) is 97.1 Å². The first-order valence-electron chi connectivity index (χ1n) is 8.45. The summed E-state index contributed by atoms with van der Waals surface area (Å²) in [7, 11) is -4.06. The predicted molar refractivity (Wildman–Crippen MR) is 87.1 cm³/mol. The zero-order chi connectivity index (χ0) is 15.6. The number of unbranched alkanes of at least 4 members (excludes halogenated alkanes) is 4. The van der Waals surface area contributed by atoms with E-state index in [4.69, 9.17) is 0 Å². The molecule has 0 saturated heterocycles. The van der Waals surface area contributed by atoms with Crippen molar-refractivity contribution in [1.29, 1.82) is 0 Å². The van der Waals surface area contributed by atoms with E-state index in [0.717, 1.165) is 32.1 Å². The van der Waals surface area contributed by atoms with Gasteiger partial charge in [0.2, 0.25) is 0 Å². The topological polar surface area (TPSA) is 57.5 Å². The van der Waals surface area contributed by atoms with Gasteiger partial charge in [0.25, 0.3) is 0 Å². The van der Waals surface area contributed by atoms with Crippen molar-refractivity contribution in [1.82, 2.24) is 0 Å². The minimum absolute atomic E-state index is 0.162. The van der Waals surface area contributed by atoms with Gasteiger partial charge in [-0.25, -0.2) is 0 Å². The summed E-state index contributed by atoms with van der Waals surface area (Å²) in [6.45, 7) is 8.21. The Morgan fingerprint density at radius 2 is 1.35 bits per heavy atom. The second-order valence-electron chi connectivity index (χ2n) is 6.04. The highest BCUT2D eigenvalue weighted by atomic mass is 31.2. The predicted octanol–water partition coefficient (Wildman–Crippen LogP) is 5.50. The van der Waals surface area contributed by atoms with Crippen LogP contribution in [0.25, 0.3) is 0 Å². The standard InChI is InChI=1S/C16H35O3P/c1-5-9-11-12-14-15(13-10-6-2)16(7-3,8-4)20(17,18)19/h15H,5-14H2,1-4H3,(H2,17,18,19). The molecule has 0 heterocycles. The van der Waals surface area contributed by atoms with Gasteiger partial charge < -0.3 is 9.79 Å². The second kappa shape index (κ2) is 9.97. The molecule has 0 radical (unpaired) electrons. The summed E-state index contributed by atoms with van der Waals surface area (Å²) in [5.41, 5.74) is 0. The molecule has 0 aliphatic heterocycles. The van der Waals surface area contributed by atoms with Crippen molar-refractivity contribution in [3.8, 4) is 0 Å². The van der Waals surface area contributed by atoms with Gasteiger partial charge in [0.15, 0.2) is 0 Å². The van der Waals surface area contributed by atoms with Gasteiger partial charge in [0.1, 0.15) is 0 Å². The third-order valence-electron chi connectivity index (χ3n) is 4.88. The molecule has 20 heavy (non-hydrogen) atoms. The van der Waals surface area contributed by atoms with Crippen LogP contribution < -0.4 is 0 Å². The van der Waals surface area contributed by atoms with Gasteiger partial charge >= 0.3 is 7.60 Å². The van der Waals surface area contributed by atoms with Crippen LogP contribution in [0, 0.1) is 5.92 Å². The van der Waals surface area contributed by atoms with Crippen LogP contribution in [0.1, 0.15) is 91.9 Å². The lowest BCUT2D eigenvalue weighted by molar-refractivity contribution is 0.228. The van der Waals surface area contributed by atoms with Crippen LogP contribution in [-0.2, 0) is 4.57 Å². The van der Waals surface area contributed by atoms with E-state index in [1.165, 1.54) is 19.3 Å². The first-order chi connectivity index (χ1) is 9.39. The molecule has 2 N–H and O–H groups in total. The van der Waals surface area contributed by atoms with Crippen molar-refractivity contribution < 1.29 is 14.4 Å². The van der Waals surface area contributed by atoms with E-state index in [9.17, 15) is 14.4 Å². The molecule has 1 atom stereocenters. The highest BCUT2D eigenvalue weighted by molar-refractivity contribution is 7.53. The fraction of sp³-hybridized carbons (Fsp3) is 1.00. The Balaban J connectivity index is 4.97. The van der Waals surface area contributed by atoms with Crippen LogP contribution in [0.4, 0.5) is 0 Å². The molecule has 0 aliphatic rings. The minimum Gasteiger partial charge on any atom is -0.324 e. The molecule has 0 fully saturated rings. The molecule has 1 unspecified atom stereocenters. The highest BCUT2D eigenvalue weighted by Crippen LogP contribution is 2.60. The Bertz CT molecular complexity index is 281. The zero-order valence-corrected chi connectivity index (χ0v) is 14.8. The van der Waals surface area contributed by atoms with Crippen LogP contribution in [0.3, 0.4) is 0 Å². The molecule has 0 rings (SSSR count). The van der Waals surface area contributed by atoms with Gasteiger partial charge in [-0.2, -0.15) is 0 Å². The summed E-state index contributed by atoms with van der Waals surface area (Å²) < 4.78 is 12.1. The second-order valence-corrected chi connectivity index (χ2v) is 8.02. The largest absolute Gasteiger partial charge is 0.331 e. The van der Waals surface area contributed by atoms with Crippen LogP contribution in [-0.4, -0.2) is 14.9 Å². The normalized spacial score (nSPS) is 14.5. The molecule has 0 bridgehead atoms. The summed E-state index contributed by atoms with van der Waals surface area (Å²) in [4.78, 5) is 19.8. The zero-order valence-electron chi connectivity index (χ0n) is 13.9. The first kappa shape index (κ1) is 20.1. The van der Waals surface area contributed by atoms with Crippen molar-refractivity contribution in [2.24, 2.45) is 5.92 Å². The summed E-state index contributed by atoms with van der Waals surface area (Å²) in [5, 5.41) is -0.797. The van der Waals surface area contributed by atoms with Gasteiger partial charge in [-0.1, -0.05) is 66.2 Å². The summed E-state index contributed by atoms with van der Waals surface area (Å²) in [6, 6.07) is 0. The Kier molecular flexibility index (Phi) is 10.0. The third-order valence-corrected chi connectivity index (χ3v) is 7.03. The van der Waals surface area contributed by atoms with E-state index >= 15 is 0 Å². The van der Waals surface area contributed by atoms with Crippen LogP contribution in [0.15, 0.2) is 0 Å². The molecule has 0 aromatic carbocycles. The fourth-order valence-electron chi connectivity index (χ4n) is 3.43. The molecular formula is C16H35O3P. The SMILES string of the molecule is CCCCCCC(CCCC)C(CC)(CC)P(=O)(O)O. The van der Waals surface area contributed by atoms with Gasteiger partial charge in [0, 0.05) is 0 Å². The smallest absolute Gasteiger partial charge is 0.324 e.